The smallest absolute Gasteiger partial charge is 0.275 e. The van der Waals surface area contributed by atoms with E-state index in [4.69, 9.17) is 10.5 Å². The molecular weight excluding hydrogens is 244 g/mol. The number of hydrogen-bond donors (Lipinski definition) is 2. The second kappa shape index (κ2) is 5.92. The van der Waals surface area contributed by atoms with Crippen molar-refractivity contribution in [3.63, 3.8) is 0 Å². The van der Waals surface area contributed by atoms with Crippen molar-refractivity contribution < 1.29 is 9.53 Å². The minimum atomic E-state index is -0.412. The maximum atomic E-state index is 11.8. The van der Waals surface area contributed by atoms with Gasteiger partial charge in [-0.1, -0.05) is 30.3 Å². The van der Waals surface area contributed by atoms with E-state index in [1.54, 1.807) is 0 Å². The summed E-state index contributed by atoms with van der Waals surface area (Å²) in [5, 5.41) is 2.52. The van der Waals surface area contributed by atoms with E-state index in [1.807, 2.05) is 30.3 Å². The van der Waals surface area contributed by atoms with E-state index in [1.165, 1.54) is 13.3 Å². The summed E-state index contributed by atoms with van der Waals surface area (Å²) < 4.78 is 4.77. The number of hydrogen-bond acceptors (Lipinski definition) is 5. The van der Waals surface area contributed by atoms with Crippen molar-refractivity contribution in [1.29, 1.82) is 0 Å². The van der Waals surface area contributed by atoms with E-state index >= 15 is 0 Å². The molecule has 1 heterocycles. The molecule has 6 nitrogen and oxygen atoms in total. The summed E-state index contributed by atoms with van der Waals surface area (Å²) in [5.74, 6) is -0.321. The second-order valence-corrected chi connectivity index (χ2v) is 3.79. The third-order valence-electron chi connectivity index (χ3n) is 2.46. The molecule has 6 heteroatoms. The fourth-order valence-electron chi connectivity index (χ4n) is 1.53. The molecule has 1 aromatic heterocycles. The first kappa shape index (κ1) is 13.0. The van der Waals surface area contributed by atoms with Crippen molar-refractivity contribution in [2.45, 2.75) is 0 Å². The van der Waals surface area contributed by atoms with E-state index in [-0.39, 0.29) is 18.2 Å². The molecule has 2 aromatic rings. The Bertz CT molecular complexity index is 572. The molecule has 1 amide bonds. The fraction of sp³-hybridized carbons (Fsp3) is 0.154. The molecule has 19 heavy (non-hydrogen) atoms. The van der Waals surface area contributed by atoms with E-state index in [0.717, 1.165) is 5.56 Å². The molecule has 98 valence electrons. The highest BCUT2D eigenvalue weighted by molar-refractivity contribution is 5.96. The predicted octanol–water partition coefficient (Wildman–Crippen LogP) is 1.06. The van der Waals surface area contributed by atoms with Crippen molar-refractivity contribution in [2.75, 3.05) is 19.6 Å². The lowest BCUT2D eigenvalue weighted by Crippen LogP contribution is -2.27. The summed E-state index contributed by atoms with van der Waals surface area (Å²) >= 11 is 0. The van der Waals surface area contributed by atoms with Gasteiger partial charge in [0, 0.05) is 12.7 Å². The highest BCUT2D eigenvalue weighted by atomic mass is 16.5. The maximum Gasteiger partial charge on any atom is 0.275 e. The number of aromatic nitrogens is 2. The first-order chi connectivity index (χ1) is 9.22. The molecule has 0 bridgehead atoms. The van der Waals surface area contributed by atoms with E-state index < -0.39 is 5.91 Å². The van der Waals surface area contributed by atoms with Gasteiger partial charge in [-0.3, -0.25) is 4.79 Å². The van der Waals surface area contributed by atoms with E-state index in [0.29, 0.717) is 5.69 Å². The first-order valence-corrected chi connectivity index (χ1v) is 5.67. The monoisotopic (exact) mass is 258 g/mol. The Morgan fingerprint density at radius 3 is 2.79 bits per heavy atom. The zero-order valence-corrected chi connectivity index (χ0v) is 10.5. The summed E-state index contributed by atoms with van der Waals surface area (Å²) in [7, 11) is 1.48. The molecule has 0 saturated carbocycles. The Labute approximate surface area is 110 Å². The van der Waals surface area contributed by atoms with Crippen LogP contribution in [0.4, 0.5) is 5.82 Å². The van der Waals surface area contributed by atoms with Crippen LogP contribution in [0.25, 0.3) is 11.3 Å². The topological polar surface area (TPSA) is 90.1 Å². The standard InChI is InChI=1S/C13H14N4O2/c1-19-8-16-13(18)11-12(14)15-7-10(17-11)9-5-3-2-4-6-9/h2-7H,8H2,1H3,(H2,14,15)(H,16,18). The van der Waals surface area contributed by atoms with Crippen LogP contribution in [0.2, 0.25) is 0 Å². The zero-order chi connectivity index (χ0) is 13.7. The van der Waals surface area contributed by atoms with Crippen LogP contribution in [-0.4, -0.2) is 29.7 Å². The van der Waals surface area contributed by atoms with Crippen LogP contribution >= 0.6 is 0 Å². The van der Waals surface area contributed by atoms with Crippen LogP contribution in [0.1, 0.15) is 10.5 Å². The summed E-state index contributed by atoms with van der Waals surface area (Å²) in [5.41, 5.74) is 7.23. The molecule has 0 unspecified atom stereocenters. The minimum absolute atomic E-state index is 0.0910. The molecule has 0 aliphatic heterocycles. The van der Waals surface area contributed by atoms with Crippen LogP contribution in [0.3, 0.4) is 0 Å². The van der Waals surface area contributed by atoms with Gasteiger partial charge < -0.3 is 15.8 Å². The molecule has 0 aliphatic carbocycles. The summed E-state index contributed by atoms with van der Waals surface area (Å²) in [6.07, 6.45) is 1.54. The minimum Gasteiger partial charge on any atom is -0.382 e. The first-order valence-electron chi connectivity index (χ1n) is 5.67. The summed E-state index contributed by atoms with van der Waals surface area (Å²) in [6, 6.07) is 9.45. The molecule has 0 fully saturated rings. The number of carbonyl (C=O) groups is 1. The number of nitrogens with two attached hydrogens (primary N) is 1. The van der Waals surface area contributed by atoms with Gasteiger partial charge in [-0.05, 0) is 0 Å². The van der Waals surface area contributed by atoms with Crippen molar-refractivity contribution in [1.82, 2.24) is 15.3 Å². The number of nitrogens with one attached hydrogen (secondary N) is 1. The van der Waals surface area contributed by atoms with Crippen molar-refractivity contribution in [3.05, 3.63) is 42.2 Å². The predicted molar refractivity (Wildman–Crippen MR) is 71.2 cm³/mol. The van der Waals surface area contributed by atoms with Crippen LogP contribution < -0.4 is 11.1 Å². The van der Waals surface area contributed by atoms with Gasteiger partial charge in [0.2, 0.25) is 0 Å². The number of benzene rings is 1. The van der Waals surface area contributed by atoms with Gasteiger partial charge in [-0.25, -0.2) is 9.97 Å². The van der Waals surface area contributed by atoms with Gasteiger partial charge in [0.05, 0.1) is 11.9 Å². The Morgan fingerprint density at radius 2 is 2.11 bits per heavy atom. The third-order valence-corrected chi connectivity index (χ3v) is 2.46. The highest BCUT2D eigenvalue weighted by Gasteiger charge is 2.13. The van der Waals surface area contributed by atoms with E-state index in [2.05, 4.69) is 15.3 Å². The number of nitrogen functional groups attached to an aromatic ring is 1. The maximum absolute atomic E-state index is 11.8. The van der Waals surface area contributed by atoms with Gasteiger partial charge in [0.25, 0.3) is 5.91 Å². The largest absolute Gasteiger partial charge is 0.382 e. The van der Waals surface area contributed by atoms with Gasteiger partial charge in [-0.15, -0.1) is 0 Å². The van der Waals surface area contributed by atoms with E-state index in [9.17, 15) is 4.79 Å². The quantitative estimate of drug-likeness (QED) is 0.800. The number of methoxy groups -OCH3 is 1. The van der Waals surface area contributed by atoms with Gasteiger partial charge in [0.1, 0.15) is 6.73 Å². The highest BCUT2D eigenvalue weighted by Crippen LogP contribution is 2.17. The molecule has 0 radical (unpaired) electrons. The lowest BCUT2D eigenvalue weighted by molar-refractivity contribution is 0.0868. The number of carbonyl (C=O) groups excluding carboxylic acids is 1. The Hall–Kier alpha value is -2.47. The molecule has 0 spiro atoms. The van der Waals surface area contributed by atoms with Crippen LogP contribution in [0.5, 0.6) is 0 Å². The average Bonchev–Trinajstić information content (AvgIpc) is 2.46. The molecule has 1 aromatic carbocycles. The summed E-state index contributed by atoms with van der Waals surface area (Å²) in [6.45, 7) is 0.0928. The van der Waals surface area contributed by atoms with Crippen molar-refractivity contribution in [2.24, 2.45) is 0 Å². The second-order valence-electron chi connectivity index (χ2n) is 3.79. The zero-order valence-electron chi connectivity index (χ0n) is 10.5. The number of amides is 1. The molecule has 0 saturated heterocycles. The Morgan fingerprint density at radius 1 is 1.37 bits per heavy atom. The third kappa shape index (κ3) is 3.05. The molecular formula is C13H14N4O2. The Kier molecular flexibility index (Phi) is 4.04. The average molecular weight is 258 g/mol. The molecule has 3 N–H and O–H groups in total. The number of rotatable bonds is 4. The van der Waals surface area contributed by atoms with Crippen molar-refractivity contribution >= 4 is 11.7 Å². The molecule has 2 rings (SSSR count). The normalized spacial score (nSPS) is 10.2. The lowest BCUT2D eigenvalue weighted by atomic mass is 10.1. The lowest BCUT2D eigenvalue weighted by Gasteiger charge is -2.07. The number of anilines is 1. The summed E-state index contributed by atoms with van der Waals surface area (Å²) in [4.78, 5) is 20.1. The molecule has 0 atom stereocenters. The van der Waals surface area contributed by atoms with Gasteiger partial charge in [0.15, 0.2) is 11.5 Å². The van der Waals surface area contributed by atoms with Crippen LogP contribution in [0, 0.1) is 0 Å². The number of nitrogens with zero attached hydrogens (tertiary/aromatic N) is 2. The molecule has 0 aliphatic rings. The van der Waals surface area contributed by atoms with Gasteiger partial charge in [-0.2, -0.15) is 0 Å². The van der Waals surface area contributed by atoms with Crippen molar-refractivity contribution in [3.8, 4) is 11.3 Å². The van der Waals surface area contributed by atoms with Crippen LogP contribution in [0.15, 0.2) is 36.5 Å². The fourth-order valence-corrected chi connectivity index (χ4v) is 1.53. The SMILES string of the molecule is COCNC(=O)c1nc(-c2ccccc2)cnc1N. The Balaban J connectivity index is 2.32. The van der Waals surface area contributed by atoms with Gasteiger partial charge >= 0.3 is 0 Å². The number of ether oxygens (including phenoxy) is 1. The van der Waals surface area contributed by atoms with Crippen LogP contribution in [-0.2, 0) is 4.74 Å².